The number of hydrogen-bond acceptors (Lipinski definition) is 6. The third-order valence-electron chi connectivity index (χ3n) is 3.98. The highest BCUT2D eigenvalue weighted by Crippen LogP contribution is 2.30. The summed E-state index contributed by atoms with van der Waals surface area (Å²) in [7, 11) is 0. The molecule has 0 aliphatic carbocycles. The van der Waals surface area contributed by atoms with Crippen molar-refractivity contribution in [3.05, 3.63) is 0 Å². The Labute approximate surface area is 115 Å². The van der Waals surface area contributed by atoms with Gasteiger partial charge in [-0.1, -0.05) is 0 Å². The van der Waals surface area contributed by atoms with Crippen LogP contribution in [0.3, 0.4) is 0 Å². The van der Waals surface area contributed by atoms with E-state index in [-0.39, 0.29) is 25.4 Å². The van der Waals surface area contributed by atoms with Crippen LogP contribution in [0.15, 0.2) is 0 Å². The number of ether oxygens (including phenoxy) is 1. The maximum Gasteiger partial charge on any atom is 0.326 e. The Bertz CT molecular complexity index is 453. The molecule has 8 heteroatoms. The van der Waals surface area contributed by atoms with Crippen LogP contribution < -0.4 is 5.32 Å². The van der Waals surface area contributed by atoms with Crippen molar-refractivity contribution >= 4 is 17.7 Å². The van der Waals surface area contributed by atoms with Gasteiger partial charge in [-0.3, -0.25) is 19.8 Å². The molecule has 2 aliphatic heterocycles. The number of nitrogens with one attached hydrogen (secondary N) is 1. The number of imide groups is 1. The minimum absolute atomic E-state index is 0.109. The Morgan fingerprint density at radius 1 is 1.55 bits per heavy atom. The lowest BCUT2D eigenvalue weighted by atomic mass is 9.83. The molecule has 0 aromatic heterocycles. The van der Waals surface area contributed by atoms with E-state index in [0.717, 1.165) is 0 Å². The molecule has 1 unspecified atom stereocenters. The fourth-order valence-electron chi connectivity index (χ4n) is 2.37. The van der Waals surface area contributed by atoms with Crippen LogP contribution in [0.2, 0.25) is 0 Å². The second-order valence-corrected chi connectivity index (χ2v) is 5.39. The number of carbonyl (C=O) groups excluding carboxylic acids is 3. The molecule has 3 amide bonds. The summed E-state index contributed by atoms with van der Waals surface area (Å²) in [5.41, 5.74) is -1.33. The summed E-state index contributed by atoms with van der Waals surface area (Å²) in [5, 5.41) is 20.9. The fourth-order valence-corrected chi connectivity index (χ4v) is 2.37. The van der Waals surface area contributed by atoms with Crippen molar-refractivity contribution in [2.75, 3.05) is 13.2 Å². The summed E-state index contributed by atoms with van der Waals surface area (Å²) in [5.74, 6) is -0.992. The molecule has 2 rings (SSSR count). The van der Waals surface area contributed by atoms with E-state index in [1.807, 2.05) is 0 Å². The average Bonchev–Trinajstić information content (AvgIpc) is 2.74. The first-order valence-electron chi connectivity index (χ1n) is 6.37. The Kier molecular flexibility index (Phi) is 3.81. The first kappa shape index (κ1) is 14.9. The highest BCUT2D eigenvalue weighted by Gasteiger charge is 2.50. The van der Waals surface area contributed by atoms with E-state index in [2.05, 4.69) is 5.32 Å². The maximum atomic E-state index is 11.9. The highest BCUT2D eigenvalue weighted by molar-refractivity contribution is 6.11. The van der Waals surface area contributed by atoms with Gasteiger partial charge in [0.15, 0.2) is 0 Å². The van der Waals surface area contributed by atoms with Gasteiger partial charge in [0.05, 0.1) is 12.7 Å². The first-order chi connectivity index (χ1) is 9.29. The molecule has 3 N–H and O–H groups in total. The molecule has 2 saturated heterocycles. The molecule has 8 nitrogen and oxygen atoms in total. The van der Waals surface area contributed by atoms with Gasteiger partial charge in [0.25, 0.3) is 0 Å². The van der Waals surface area contributed by atoms with E-state index >= 15 is 0 Å². The minimum Gasteiger partial charge on any atom is -0.394 e. The number of amides is 3. The van der Waals surface area contributed by atoms with Crippen LogP contribution >= 0.6 is 0 Å². The van der Waals surface area contributed by atoms with Crippen molar-refractivity contribution in [2.45, 2.75) is 38.7 Å². The molecule has 0 saturated carbocycles. The van der Waals surface area contributed by atoms with Crippen molar-refractivity contribution in [1.29, 1.82) is 0 Å². The van der Waals surface area contributed by atoms with Crippen LogP contribution in [0.4, 0.5) is 4.79 Å². The molecule has 0 spiro atoms. The topological polar surface area (TPSA) is 116 Å². The van der Waals surface area contributed by atoms with Crippen LogP contribution in [-0.2, 0) is 14.3 Å². The number of hydrogen-bond donors (Lipinski definition) is 3. The van der Waals surface area contributed by atoms with Crippen molar-refractivity contribution in [1.82, 2.24) is 10.2 Å². The van der Waals surface area contributed by atoms with E-state index in [1.165, 1.54) is 18.7 Å². The molecule has 0 aromatic carbocycles. The predicted molar refractivity (Wildman–Crippen MR) is 65.4 cm³/mol. The molecule has 0 radical (unpaired) electrons. The zero-order valence-corrected chi connectivity index (χ0v) is 11.3. The van der Waals surface area contributed by atoms with Gasteiger partial charge in [-0.25, -0.2) is 4.79 Å². The fraction of sp³-hybridized carbons (Fsp3) is 0.750. The van der Waals surface area contributed by atoms with Gasteiger partial charge in [0, 0.05) is 13.0 Å². The van der Waals surface area contributed by atoms with Gasteiger partial charge in [-0.05, 0) is 13.8 Å². The normalized spacial score (nSPS) is 38.0. The van der Waals surface area contributed by atoms with Gasteiger partial charge in [-0.15, -0.1) is 0 Å². The van der Waals surface area contributed by atoms with Gasteiger partial charge in [-0.2, -0.15) is 0 Å². The number of rotatable bonds is 3. The largest absolute Gasteiger partial charge is 0.394 e. The standard InChI is InChI=1S/C12H18N2O6/c1-6(16)12(2)5-14(11(19)13-10(12)18)9-3-7(17)8(4-15)20-9/h7-9,15,17H,3-5H2,1-2H3,(H,13,18,19)/t7-,8+,9+,12?/m0/s1. The zero-order chi connectivity index (χ0) is 15.1. The van der Waals surface area contributed by atoms with E-state index < -0.39 is 35.8 Å². The molecule has 20 heavy (non-hydrogen) atoms. The number of carbonyl (C=O) groups is 3. The molecular formula is C12H18N2O6. The van der Waals surface area contributed by atoms with Crippen LogP contribution in [0, 0.1) is 5.41 Å². The van der Waals surface area contributed by atoms with Crippen molar-refractivity contribution in [3.8, 4) is 0 Å². The third kappa shape index (κ3) is 2.30. The zero-order valence-electron chi connectivity index (χ0n) is 11.3. The van der Waals surface area contributed by atoms with E-state index in [9.17, 15) is 19.5 Å². The summed E-state index contributed by atoms with van der Waals surface area (Å²) in [6, 6.07) is -0.662. The van der Waals surface area contributed by atoms with E-state index in [4.69, 9.17) is 9.84 Å². The van der Waals surface area contributed by atoms with Crippen LogP contribution in [-0.4, -0.2) is 64.4 Å². The number of urea groups is 1. The van der Waals surface area contributed by atoms with Gasteiger partial charge >= 0.3 is 6.03 Å². The van der Waals surface area contributed by atoms with Gasteiger partial charge < -0.3 is 14.9 Å². The number of nitrogens with zero attached hydrogens (tertiary/aromatic N) is 1. The van der Waals surface area contributed by atoms with Crippen LogP contribution in [0.5, 0.6) is 0 Å². The first-order valence-corrected chi connectivity index (χ1v) is 6.37. The third-order valence-corrected chi connectivity index (χ3v) is 3.98. The second kappa shape index (κ2) is 5.12. The highest BCUT2D eigenvalue weighted by atomic mass is 16.5. The van der Waals surface area contributed by atoms with E-state index in [0.29, 0.717) is 0 Å². The molecule has 4 atom stereocenters. The van der Waals surface area contributed by atoms with E-state index in [1.54, 1.807) is 0 Å². The Balaban J connectivity index is 2.18. The average molecular weight is 286 g/mol. The SMILES string of the molecule is CC(=O)C1(C)CN([C@H]2C[C@H](O)[C@@H](CO)O2)C(=O)NC1=O. The summed E-state index contributed by atoms with van der Waals surface area (Å²) >= 11 is 0. The summed E-state index contributed by atoms with van der Waals surface area (Å²) in [6.07, 6.45) is -2.30. The van der Waals surface area contributed by atoms with Crippen molar-refractivity contribution < 1.29 is 29.3 Å². The minimum atomic E-state index is -1.33. The summed E-state index contributed by atoms with van der Waals surface area (Å²) < 4.78 is 5.38. The maximum absolute atomic E-state index is 11.9. The lowest BCUT2D eigenvalue weighted by Gasteiger charge is -2.39. The number of Topliss-reactive ketones (excluding diaryl/α,β-unsaturated/α-hetero) is 1. The lowest BCUT2D eigenvalue weighted by molar-refractivity contribution is -0.145. The molecule has 112 valence electrons. The monoisotopic (exact) mass is 286 g/mol. The van der Waals surface area contributed by atoms with Crippen molar-refractivity contribution in [2.24, 2.45) is 5.41 Å². The molecule has 2 aliphatic rings. The molecule has 2 heterocycles. The number of ketones is 1. The molecule has 0 bridgehead atoms. The molecule has 2 fully saturated rings. The van der Waals surface area contributed by atoms with Crippen molar-refractivity contribution in [3.63, 3.8) is 0 Å². The Hall–Kier alpha value is -1.51. The molecular weight excluding hydrogens is 268 g/mol. The Morgan fingerprint density at radius 2 is 2.20 bits per heavy atom. The van der Waals surface area contributed by atoms with Gasteiger partial charge in [0.2, 0.25) is 5.91 Å². The molecule has 0 aromatic rings. The van der Waals surface area contributed by atoms with Gasteiger partial charge in [0.1, 0.15) is 23.5 Å². The second-order valence-electron chi connectivity index (χ2n) is 5.39. The lowest BCUT2D eigenvalue weighted by Crippen LogP contribution is -2.63. The predicted octanol–water partition coefficient (Wildman–Crippen LogP) is -1.40. The van der Waals surface area contributed by atoms with Crippen LogP contribution in [0.1, 0.15) is 20.3 Å². The Morgan fingerprint density at radius 3 is 2.70 bits per heavy atom. The summed E-state index contributed by atoms with van der Waals surface area (Å²) in [6.45, 7) is 2.27. The summed E-state index contributed by atoms with van der Waals surface area (Å²) in [4.78, 5) is 36.5. The smallest absolute Gasteiger partial charge is 0.326 e. The number of aliphatic hydroxyl groups is 2. The quantitative estimate of drug-likeness (QED) is 0.550. The number of aliphatic hydroxyl groups excluding tert-OH is 2. The van der Waals surface area contributed by atoms with Crippen LogP contribution in [0.25, 0.3) is 0 Å².